The maximum atomic E-state index is 14.9. The van der Waals surface area contributed by atoms with Crippen LogP contribution in [0.4, 0.5) is 14.9 Å². The summed E-state index contributed by atoms with van der Waals surface area (Å²) in [5.41, 5.74) is 2.90. The number of rotatable bonds is 8. The summed E-state index contributed by atoms with van der Waals surface area (Å²) in [5.74, 6) is -0.493. The number of hydrogen-bond donors (Lipinski definition) is 1. The minimum atomic E-state index is -0.688. The summed E-state index contributed by atoms with van der Waals surface area (Å²) in [5, 5.41) is 7.81. The summed E-state index contributed by atoms with van der Waals surface area (Å²) in [6.45, 7) is 6.83. The van der Waals surface area contributed by atoms with Gasteiger partial charge in [-0.15, -0.1) is 11.3 Å². The lowest BCUT2D eigenvalue weighted by molar-refractivity contribution is 0.0759. The fourth-order valence-corrected chi connectivity index (χ4v) is 4.93. The fourth-order valence-electron chi connectivity index (χ4n) is 4.01. The molecule has 180 valence electrons. The normalized spacial score (nSPS) is 15.0. The zero-order valence-electron chi connectivity index (χ0n) is 19.7. The van der Waals surface area contributed by atoms with Crippen molar-refractivity contribution in [1.29, 1.82) is 0 Å². The molecule has 10 heteroatoms. The van der Waals surface area contributed by atoms with E-state index in [4.69, 9.17) is 4.74 Å². The van der Waals surface area contributed by atoms with Gasteiger partial charge in [0.1, 0.15) is 16.9 Å². The SMILES string of the molecule is CCc1ccc2c(c1F)C(CCCN(C)C(=O)c1cnn(Cc3nc(C)c(C)s3)c1)OC(=O)N2. The van der Waals surface area contributed by atoms with E-state index in [-0.39, 0.29) is 11.7 Å². The van der Waals surface area contributed by atoms with Gasteiger partial charge >= 0.3 is 6.09 Å². The molecule has 34 heavy (non-hydrogen) atoms. The molecule has 0 spiro atoms. The first kappa shape index (κ1) is 23.9. The standard InChI is InChI=1S/C24H28FN5O3S/c1-5-16-8-9-18-21(22(16)25)19(33-24(32)28-18)7-6-10-29(4)23(31)17-11-26-30(12-17)13-20-27-14(2)15(3)34-20/h8-9,11-12,19H,5-7,10,13H2,1-4H3,(H,28,32). The van der Waals surface area contributed by atoms with Crippen molar-refractivity contribution in [2.45, 2.75) is 52.7 Å². The Labute approximate surface area is 201 Å². The molecule has 0 fully saturated rings. The molecule has 0 radical (unpaired) electrons. The third-order valence-electron chi connectivity index (χ3n) is 6.01. The maximum Gasteiger partial charge on any atom is 0.412 e. The molecule has 2 amide bonds. The van der Waals surface area contributed by atoms with Crippen LogP contribution in [0.2, 0.25) is 0 Å². The number of aryl methyl sites for hydroxylation is 3. The number of ether oxygens (including phenoxy) is 1. The zero-order valence-corrected chi connectivity index (χ0v) is 20.5. The van der Waals surface area contributed by atoms with Gasteiger partial charge in [0.25, 0.3) is 5.91 Å². The highest BCUT2D eigenvalue weighted by molar-refractivity contribution is 7.11. The molecule has 1 aliphatic rings. The van der Waals surface area contributed by atoms with Crippen molar-refractivity contribution in [2.75, 3.05) is 18.9 Å². The van der Waals surface area contributed by atoms with Crippen LogP contribution in [0.1, 0.15) is 62.9 Å². The Morgan fingerprint density at radius 2 is 2.15 bits per heavy atom. The Morgan fingerprint density at radius 3 is 2.85 bits per heavy atom. The Morgan fingerprint density at radius 1 is 1.35 bits per heavy atom. The van der Waals surface area contributed by atoms with Crippen molar-refractivity contribution >= 4 is 29.0 Å². The Bertz CT molecular complexity index is 1200. The third-order valence-corrected chi connectivity index (χ3v) is 7.06. The van der Waals surface area contributed by atoms with Crippen molar-refractivity contribution in [3.8, 4) is 0 Å². The lowest BCUT2D eigenvalue weighted by atomic mass is 9.97. The second-order valence-corrected chi connectivity index (χ2v) is 9.70. The van der Waals surface area contributed by atoms with Gasteiger partial charge in [-0.1, -0.05) is 13.0 Å². The van der Waals surface area contributed by atoms with Crippen LogP contribution in [0.25, 0.3) is 0 Å². The van der Waals surface area contributed by atoms with Crippen LogP contribution in [0.5, 0.6) is 0 Å². The molecule has 1 unspecified atom stereocenters. The first-order chi connectivity index (χ1) is 16.3. The number of cyclic esters (lactones) is 1. The monoisotopic (exact) mass is 485 g/mol. The number of nitrogens with zero attached hydrogens (tertiary/aromatic N) is 4. The topological polar surface area (TPSA) is 89.3 Å². The maximum absolute atomic E-state index is 14.9. The zero-order chi connectivity index (χ0) is 24.4. The van der Waals surface area contributed by atoms with Gasteiger partial charge in [0, 0.05) is 24.7 Å². The Balaban J connectivity index is 1.36. The second kappa shape index (κ2) is 9.92. The van der Waals surface area contributed by atoms with Crippen molar-refractivity contribution in [3.63, 3.8) is 0 Å². The number of halogens is 1. The average Bonchev–Trinajstić information content (AvgIpc) is 3.39. The van der Waals surface area contributed by atoms with E-state index in [1.165, 1.54) is 4.88 Å². The van der Waals surface area contributed by atoms with E-state index in [0.29, 0.717) is 54.7 Å². The number of carbonyl (C=O) groups is 2. The van der Waals surface area contributed by atoms with Gasteiger partial charge in [-0.05, 0) is 44.7 Å². The Kier molecular flexibility index (Phi) is 6.97. The fraction of sp³-hybridized carbons (Fsp3) is 0.417. The number of benzene rings is 1. The number of aromatic nitrogens is 3. The lowest BCUT2D eigenvalue weighted by Gasteiger charge is -2.28. The number of carbonyl (C=O) groups excluding carboxylic acids is 2. The highest BCUT2D eigenvalue weighted by atomic mass is 32.1. The van der Waals surface area contributed by atoms with E-state index in [1.807, 2.05) is 20.8 Å². The molecule has 1 atom stereocenters. The van der Waals surface area contributed by atoms with Crippen molar-refractivity contribution < 1.29 is 18.7 Å². The average molecular weight is 486 g/mol. The van der Waals surface area contributed by atoms with Gasteiger partial charge < -0.3 is 9.64 Å². The van der Waals surface area contributed by atoms with E-state index in [1.54, 1.807) is 52.5 Å². The third kappa shape index (κ3) is 4.96. The summed E-state index contributed by atoms with van der Waals surface area (Å²) in [6.07, 6.45) is 3.49. The molecule has 1 aliphatic heterocycles. The van der Waals surface area contributed by atoms with Crippen molar-refractivity contribution in [3.05, 3.63) is 62.6 Å². The predicted octanol–water partition coefficient (Wildman–Crippen LogP) is 4.86. The molecule has 4 rings (SSSR count). The predicted molar refractivity (Wildman–Crippen MR) is 128 cm³/mol. The van der Waals surface area contributed by atoms with Crippen molar-refractivity contribution in [2.24, 2.45) is 0 Å². The van der Waals surface area contributed by atoms with E-state index < -0.39 is 12.2 Å². The lowest BCUT2D eigenvalue weighted by Crippen LogP contribution is -2.29. The summed E-state index contributed by atoms with van der Waals surface area (Å²) in [7, 11) is 1.71. The first-order valence-electron chi connectivity index (χ1n) is 11.3. The summed E-state index contributed by atoms with van der Waals surface area (Å²) in [4.78, 5) is 32.0. The molecule has 3 heterocycles. The summed E-state index contributed by atoms with van der Waals surface area (Å²) >= 11 is 1.62. The van der Waals surface area contributed by atoms with E-state index in [0.717, 1.165) is 10.7 Å². The molecule has 8 nitrogen and oxygen atoms in total. The van der Waals surface area contributed by atoms with E-state index in [9.17, 15) is 14.0 Å². The van der Waals surface area contributed by atoms with E-state index in [2.05, 4.69) is 15.4 Å². The molecule has 0 saturated carbocycles. The van der Waals surface area contributed by atoms with Gasteiger partial charge in [-0.3, -0.25) is 14.8 Å². The molecule has 0 saturated heterocycles. The quantitative estimate of drug-likeness (QED) is 0.492. The number of hydrogen-bond acceptors (Lipinski definition) is 6. The van der Waals surface area contributed by atoms with Crippen LogP contribution < -0.4 is 5.32 Å². The number of fused-ring (bicyclic) bond motifs is 1. The first-order valence-corrected chi connectivity index (χ1v) is 12.1. The number of nitrogens with one attached hydrogen (secondary N) is 1. The summed E-state index contributed by atoms with van der Waals surface area (Å²) < 4.78 is 22.0. The molecule has 1 N–H and O–H groups in total. The second-order valence-electron chi connectivity index (χ2n) is 8.42. The minimum Gasteiger partial charge on any atom is -0.441 e. The highest BCUT2D eigenvalue weighted by Gasteiger charge is 2.30. The molecule has 1 aromatic carbocycles. The van der Waals surface area contributed by atoms with Crippen LogP contribution in [-0.2, 0) is 17.7 Å². The van der Waals surface area contributed by atoms with Crippen LogP contribution >= 0.6 is 11.3 Å². The molecular weight excluding hydrogens is 457 g/mol. The van der Waals surface area contributed by atoms with Crippen LogP contribution in [0.3, 0.4) is 0 Å². The molecular formula is C24H28FN5O3S. The number of anilines is 1. The van der Waals surface area contributed by atoms with Crippen LogP contribution in [0.15, 0.2) is 24.5 Å². The van der Waals surface area contributed by atoms with Gasteiger partial charge in [-0.2, -0.15) is 5.10 Å². The Hall–Kier alpha value is -3.27. The summed E-state index contributed by atoms with van der Waals surface area (Å²) in [6, 6.07) is 3.40. The highest BCUT2D eigenvalue weighted by Crippen LogP contribution is 2.37. The number of amides is 2. The largest absolute Gasteiger partial charge is 0.441 e. The smallest absolute Gasteiger partial charge is 0.412 e. The van der Waals surface area contributed by atoms with Crippen molar-refractivity contribution in [1.82, 2.24) is 19.7 Å². The molecule has 3 aromatic rings. The van der Waals surface area contributed by atoms with Gasteiger partial charge in [0.15, 0.2) is 0 Å². The van der Waals surface area contributed by atoms with E-state index >= 15 is 0 Å². The molecule has 2 aromatic heterocycles. The molecule has 0 aliphatic carbocycles. The molecule has 0 bridgehead atoms. The van der Waals surface area contributed by atoms with Crippen LogP contribution in [0, 0.1) is 19.7 Å². The minimum absolute atomic E-state index is 0.153. The number of thiazole rings is 1. The van der Waals surface area contributed by atoms with Gasteiger partial charge in [0.2, 0.25) is 0 Å². The van der Waals surface area contributed by atoms with Gasteiger partial charge in [-0.25, -0.2) is 14.2 Å². The van der Waals surface area contributed by atoms with Gasteiger partial charge in [0.05, 0.1) is 35.2 Å². The van der Waals surface area contributed by atoms with Crippen LogP contribution in [-0.4, -0.2) is 45.3 Å².